The number of ether oxygens (including phenoxy) is 2. The van der Waals surface area contributed by atoms with Crippen LogP contribution in [0.15, 0.2) is 85.8 Å². The number of hydrazine groups is 1. The molecule has 12 heteroatoms. The van der Waals surface area contributed by atoms with Gasteiger partial charge >= 0.3 is 0 Å². The predicted octanol–water partition coefficient (Wildman–Crippen LogP) is 9.25. The van der Waals surface area contributed by atoms with Crippen molar-refractivity contribution < 1.29 is 23.9 Å². The molecule has 1 saturated carbocycles. The van der Waals surface area contributed by atoms with Gasteiger partial charge < -0.3 is 29.2 Å². The summed E-state index contributed by atoms with van der Waals surface area (Å²) in [5.41, 5.74) is 12.1. The van der Waals surface area contributed by atoms with E-state index in [4.69, 9.17) is 14.5 Å². The zero-order valence-electron chi connectivity index (χ0n) is 41.7. The fourth-order valence-corrected chi connectivity index (χ4v) is 10.2. The number of likely N-dealkylation sites (N-methyl/N-ethyl adjacent to an activating group) is 1. The topological polar surface area (TPSA) is 121 Å². The van der Waals surface area contributed by atoms with Crippen molar-refractivity contribution in [3.8, 4) is 34.2 Å². The Morgan fingerprint density at radius 1 is 1.03 bits per heavy atom. The molecule has 0 radical (unpaired) electrons. The Labute approximate surface area is 405 Å². The average molecular weight is 926 g/mol. The number of carbonyl (C=O) groups excluding carboxylic acids is 3. The molecule has 2 aromatic heterocycles. The number of methoxy groups -OCH3 is 1. The molecule has 2 aliphatic heterocycles. The molecule has 2 aromatic carbocycles. The molecule has 2 N–H and O–H groups in total. The van der Waals surface area contributed by atoms with Crippen molar-refractivity contribution in [2.45, 2.75) is 124 Å². The number of rotatable bonds is 19. The molecule has 3 unspecified atom stereocenters. The van der Waals surface area contributed by atoms with Crippen LogP contribution in [0.3, 0.4) is 0 Å². The summed E-state index contributed by atoms with van der Waals surface area (Å²) in [5.74, 6) is 5.79. The Hall–Kier alpha value is -5.90. The van der Waals surface area contributed by atoms with Gasteiger partial charge in [0.2, 0.25) is 5.91 Å². The highest BCUT2D eigenvalue weighted by Crippen LogP contribution is 2.42. The highest BCUT2D eigenvalue weighted by molar-refractivity contribution is 5.95. The number of pyridine rings is 1. The molecule has 2 amide bonds. The maximum Gasteiger partial charge on any atom is 0.293 e. The molecule has 3 atom stereocenters. The van der Waals surface area contributed by atoms with Crippen LogP contribution >= 0.6 is 0 Å². The number of aryl methyl sites for hydroxylation is 1. The predicted molar refractivity (Wildman–Crippen MR) is 273 cm³/mol. The molecule has 0 spiro atoms. The fraction of sp³-hybridized carbons (Fsp3) is 0.500. The molecule has 4 aromatic rings. The van der Waals surface area contributed by atoms with Gasteiger partial charge in [0, 0.05) is 81.4 Å². The molecular weight excluding hydrogens is 851 g/mol. The van der Waals surface area contributed by atoms with Crippen molar-refractivity contribution in [1.29, 1.82) is 0 Å². The van der Waals surface area contributed by atoms with Crippen LogP contribution in [0.2, 0.25) is 0 Å². The Kier molecular flexibility index (Phi) is 18.5. The molecule has 4 heterocycles. The van der Waals surface area contributed by atoms with Crippen LogP contribution in [0.5, 0.6) is 0 Å². The first-order valence-corrected chi connectivity index (χ1v) is 24.7. The van der Waals surface area contributed by atoms with E-state index in [1.54, 1.807) is 24.5 Å². The molecule has 0 bridgehead atoms. The number of carbonyl (C=O) groups is 3. The van der Waals surface area contributed by atoms with E-state index in [0.29, 0.717) is 25.9 Å². The zero-order chi connectivity index (χ0) is 48.8. The van der Waals surface area contributed by atoms with E-state index < -0.39 is 6.04 Å². The summed E-state index contributed by atoms with van der Waals surface area (Å²) in [4.78, 5) is 48.5. The molecule has 3 aliphatic rings. The lowest BCUT2D eigenvalue weighted by Gasteiger charge is -2.34. The first-order valence-electron chi connectivity index (χ1n) is 24.7. The number of benzene rings is 2. The van der Waals surface area contributed by atoms with Crippen LogP contribution in [-0.2, 0) is 43.2 Å². The number of likely N-dealkylation sites (tertiary alicyclic amines) is 1. The molecule has 2 saturated heterocycles. The average Bonchev–Trinajstić information content (AvgIpc) is 4.16. The lowest BCUT2D eigenvalue weighted by molar-refractivity contribution is -0.141. The third kappa shape index (κ3) is 12.6. The summed E-state index contributed by atoms with van der Waals surface area (Å²) in [5, 5.41) is 6.02. The third-order valence-corrected chi connectivity index (χ3v) is 13.8. The zero-order valence-corrected chi connectivity index (χ0v) is 41.7. The number of aromatic nitrogens is 2. The van der Waals surface area contributed by atoms with E-state index in [2.05, 4.69) is 102 Å². The maximum absolute atomic E-state index is 14.2. The van der Waals surface area contributed by atoms with Crippen LogP contribution in [-0.4, -0.2) is 102 Å². The molecular formula is C56H75N7O5. The quantitative estimate of drug-likeness (QED) is 0.0701. The summed E-state index contributed by atoms with van der Waals surface area (Å²) >= 11 is 0. The SMILES string of the molecule is C=C(C#CC)N1CCCC1.C=CN(C)C(C(=O)NC(Cc1cccc(-c2ccc3c(c2)c(CC(C)(C)COC=O)c(-c2cccnc2C(C)OC)n3CC)c1)C(=O)N1CCCCN1)C1CCCC1. The minimum absolute atomic E-state index is 0.122. The second-order valence-corrected chi connectivity index (χ2v) is 19.3. The summed E-state index contributed by atoms with van der Waals surface area (Å²) in [7, 11) is 3.60. The minimum atomic E-state index is -0.746. The lowest BCUT2D eigenvalue weighted by Crippen LogP contribution is -2.58. The van der Waals surface area contributed by atoms with Crippen LogP contribution < -0.4 is 10.7 Å². The standard InChI is InChI=1S/C47H62N6O5.C9H13N/c1-8-51(6)43(34-17-10-11-18-34)45(55)50-40(46(56)53-25-13-12-24-49-53)27-33-16-14-19-35(26-33)36-21-22-41-38(28-36)39(29-47(4,5)30-58-31-54)44(52(41)9-2)37-20-15-23-48-42(37)32(3)57-7;1-3-6-9(2)10-7-4-5-8-10/h8,14-16,19-23,26,28,31-32,34,40,43,49H,1,9-13,17-18,24-25,27,29-30H2,2-7H3,(H,50,55);2,4-5,7-8H2,1H3. The van der Waals surface area contributed by atoms with E-state index in [1.807, 2.05) is 44.0 Å². The van der Waals surface area contributed by atoms with Crippen LogP contribution in [0.4, 0.5) is 0 Å². The number of hydrogen-bond acceptors (Lipinski definition) is 9. The molecule has 3 fully saturated rings. The Morgan fingerprint density at radius 2 is 1.76 bits per heavy atom. The van der Waals surface area contributed by atoms with Crippen molar-refractivity contribution in [2.75, 3.05) is 46.9 Å². The van der Waals surface area contributed by atoms with Crippen LogP contribution in [0.25, 0.3) is 33.3 Å². The monoisotopic (exact) mass is 926 g/mol. The maximum atomic E-state index is 14.2. The van der Waals surface area contributed by atoms with Crippen molar-refractivity contribution >= 4 is 29.2 Å². The van der Waals surface area contributed by atoms with Crippen molar-refractivity contribution in [2.24, 2.45) is 11.3 Å². The highest BCUT2D eigenvalue weighted by atomic mass is 16.5. The number of amides is 2. The minimum Gasteiger partial charge on any atom is -0.467 e. The van der Waals surface area contributed by atoms with Gasteiger partial charge in [-0.2, -0.15) is 0 Å². The van der Waals surface area contributed by atoms with Gasteiger partial charge in [-0.3, -0.25) is 24.4 Å². The first kappa shape index (κ1) is 51.5. The number of fused-ring (bicyclic) bond motifs is 1. The van der Waals surface area contributed by atoms with E-state index in [9.17, 15) is 14.4 Å². The molecule has 364 valence electrons. The second kappa shape index (κ2) is 24.4. The Morgan fingerprint density at radius 3 is 2.43 bits per heavy atom. The number of allylic oxidation sites excluding steroid dienone is 1. The van der Waals surface area contributed by atoms with E-state index in [1.165, 1.54) is 12.8 Å². The second-order valence-electron chi connectivity index (χ2n) is 19.3. The summed E-state index contributed by atoms with van der Waals surface area (Å²) in [6.45, 7) is 23.2. The van der Waals surface area contributed by atoms with Gasteiger partial charge in [-0.05, 0) is 124 Å². The summed E-state index contributed by atoms with van der Waals surface area (Å²) < 4.78 is 13.5. The molecule has 12 nitrogen and oxygen atoms in total. The van der Waals surface area contributed by atoms with E-state index in [0.717, 1.165) is 121 Å². The van der Waals surface area contributed by atoms with E-state index in [-0.39, 0.29) is 41.9 Å². The molecule has 1 aliphatic carbocycles. The van der Waals surface area contributed by atoms with Gasteiger partial charge in [0.15, 0.2) is 0 Å². The van der Waals surface area contributed by atoms with Crippen LogP contribution in [0, 0.1) is 23.2 Å². The van der Waals surface area contributed by atoms with Crippen LogP contribution in [0.1, 0.15) is 109 Å². The van der Waals surface area contributed by atoms with Gasteiger partial charge in [0.1, 0.15) is 12.1 Å². The van der Waals surface area contributed by atoms with Crippen molar-refractivity contribution in [3.05, 3.63) is 103 Å². The van der Waals surface area contributed by atoms with Crippen molar-refractivity contribution in [3.63, 3.8) is 0 Å². The first-order chi connectivity index (χ1) is 32.8. The van der Waals surface area contributed by atoms with Gasteiger partial charge in [0.25, 0.3) is 12.4 Å². The lowest BCUT2D eigenvalue weighted by atomic mass is 9.84. The molecule has 7 rings (SSSR count). The fourth-order valence-electron chi connectivity index (χ4n) is 10.2. The summed E-state index contributed by atoms with van der Waals surface area (Å²) in [6.07, 6.45) is 13.0. The number of nitrogens with zero attached hydrogens (tertiary/aromatic N) is 5. The Balaban J connectivity index is 0.000000675. The highest BCUT2D eigenvalue weighted by Gasteiger charge is 2.36. The smallest absolute Gasteiger partial charge is 0.293 e. The van der Waals surface area contributed by atoms with Gasteiger partial charge in [-0.25, -0.2) is 5.43 Å². The third-order valence-electron chi connectivity index (χ3n) is 13.8. The number of nitrogens with one attached hydrogen (secondary N) is 2. The van der Waals surface area contributed by atoms with Gasteiger partial charge in [0.05, 0.1) is 29.8 Å². The summed E-state index contributed by atoms with van der Waals surface area (Å²) in [6, 6.07) is 17.9. The number of hydrogen-bond donors (Lipinski definition) is 2. The Bertz CT molecular complexity index is 2430. The normalized spacial score (nSPS) is 16.5. The van der Waals surface area contributed by atoms with Gasteiger partial charge in [-0.1, -0.05) is 82.0 Å². The largest absolute Gasteiger partial charge is 0.467 e. The van der Waals surface area contributed by atoms with Crippen molar-refractivity contribution in [1.82, 2.24) is 35.1 Å². The molecule has 68 heavy (non-hydrogen) atoms. The van der Waals surface area contributed by atoms with E-state index >= 15 is 0 Å². The van der Waals surface area contributed by atoms with Gasteiger partial charge in [-0.15, -0.1) is 0 Å².